The summed E-state index contributed by atoms with van der Waals surface area (Å²) in [4.78, 5) is 12.3. The summed E-state index contributed by atoms with van der Waals surface area (Å²) in [7, 11) is 0. The summed E-state index contributed by atoms with van der Waals surface area (Å²) in [5.41, 5.74) is 3.39. The predicted molar refractivity (Wildman–Crippen MR) is 58.6 cm³/mol. The maximum absolute atomic E-state index is 5.23. The SMILES string of the molecule is Cc1cnc(NN)nc1Sc1ncns1. The van der Waals surface area contributed by atoms with Crippen LogP contribution in [0.1, 0.15) is 5.56 Å². The first-order valence-electron chi connectivity index (χ1n) is 4.04. The van der Waals surface area contributed by atoms with Crippen LogP contribution in [0.15, 0.2) is 21.9 Å². The van der Waals surface area contributed by atoms with E-state index >= 15 is 0 Å². The Balaban J connectivity index is 2.27. The minimum atomic E-state index is 0.396. The van der Waals surface area contributed by atoms with Gasteiger partial charge < -0.3 is 0 Å². The predicted octanol–water partition coefficient (Wildman–Crippen LogP) is 1.07. The lowest BCUT2D eigenvalue weighted by molar-refractivity contribution is 0.991. The summed E-state index contributed by atoms with van der Waals surface area (Å²) in [6.45, 7) is 1.93. The van der Waals surface area contributed by atoms with E-state index in [9.17, 15) is 0 Å². The number of nitrogen functional groups attached to an aromatic ring is 1. The molecule has 0 aliphatic heterocycles. The van der Waals surface area contributed by atoms with Gasteiger partial charge in [0, 0.05) is 11.8 Å². The van der Waals surface area contributed by atoms with Crippen molar-refractivity contribution in [1.29, 1.82) is 0 Å². The Morgan fingerprint density at radius 1 is 1.47 bits per heavy atom. The molecule has 2 aromatic heterocycles. The highest BCUT2D eigenvalue weighted by Crippen LogP contribution is 2.28. The van der Waals surface area contributed by atoms with E-state index in [0.717, 1.165) is 14.9 Å². The minimum Gasteiger partial charge on any atom is -0.292 e. The second kappa shape index (κ2) is 4.51. The third kappa shape index (κ3) is 2.41. The van der Waals surface area contributed by atoms with Crippen LogP contribution < -0.4 is 11.3 Å². The third-order valence-electron chi connectivity index (χ3n) is 1.58. The number of anilines is 1. The van der Waals surface area contributed by atoms with Gasteiger partial charge in [-0.05, 0) is 30.2 Å². The van der Waals surface area contributed by atoms with Crippen LogP contribution in [-0.4, -0.2) is 19.3 Å². The average Bonchev–Trinajstić information content (AvgIpc) is 2.74. The van der Waals surface area contributed by atoms with E-state index in [1.165, 1.54) is 29.6 Å². The molecule has 0 fully saturated rings. The average molecular weight is 240 g/mol. The van der Waals surface area contributed by atoms with Crippen molar-refractivity contribution in [1.82, 2.24) is 19.3 Å². The zero-order valence-corrected chi connectivity index (χ0v) is 9.47. The molecule has 15 heavy (non-hydrogen) atoms. The number of nitrogens with zero attached hydrogens (tertiary/aromatic N) is 4. The molecule has 0 atom stereocenters. The number of nitrogens with one attached hydrogen (secondary N) is 1. The number of aromatic nitrogens is 4. The van der Waals surface area contributed by atoms with Gasteiger partial charge >= 0.3 is 0 Å². The number of hydrogen-bond donors (Lipinski definition) is 2. The molecule has 0 aliphatic carbocycles. The Bertz CT molecular complexity index is 443. The van der Waals surface area contributed by atoms with Gasteiger partial charge in [0.15, 0.2) is 4.34 Å². The Labute approximate surface area is 94.5 Å². The molecular weight excluding hydrogens is 232 g/mol. The van der Waals surface area contributed by atoms with Crippen molar-refractivity contribution >= 4 is 29.2 Å². The fourth-order valence-corrected chi connectivity index (χ4v) is 2.29. The van der Waals surface area contributed by atoms with Crippen LogP contribution in [0.4, 0.5) is 5.95 Å². The van der Waals surface area contributed by atoms with Crippen molar-refractivity contribution in [2.45, 2.75) is 16.3 Å². The molecule has 2 heterocycles. The number of nitrogens with two attached hydrogens (primary N) is 1. The molecule has 2 rings (SSSR count). The maximum atomic E-state index is 5.23. The summed E-state index contributed by atoms with van der Waals surface area (Å²) in [6.07, 6.45) is 3.23. The minimum absolute atomic E-state index is 0.396. The van der Waals surface area contributed by atoms with Crippen LogP contribution in [0.2, 0.25) is 0 Å². The molecular formula is C7H8N6S2. The lowest BCUT2D eigenvalue weighted by atomic mass is 10.4. The van der Waals surface area contributed by atoms with Gasteiger partial charge in [-0.15, -0.1) is 0 Å². The highest BCUT2D eigenvalue weighted by Gasteiger charge is 2.07. The quantitative estimate of drug-likeness (QED) is 0.471. The molecule has 8 heteroatoms. The van der Waals surface area contributed by atoms with Crippen molar-refractivity contribution in [3.63, 3.8) is 0 Å². The van der Waals surface area contributed by atoms with Crippen molar-refractivity contribution in [3.05, 3.63) is 18.1 Å². The van der Waals surface area contributed by atoms with E-state index in [1.807, 2.05) is 6.92 Å². The first-order valence-corrected chi connectivity index (χ1v) is 5.63. The molecule has 0 saturated heterocycles. The highest BCUT2D eigenvalue weighted by molar-refractivity contribution is 8.00. The van der Waals surface area contributed by atoms with E-state index < -0.39 is 0 Å². The smallest absolute Gasteiger partial charge is 0.238 e. The molecule has 0 spiro atoms. The largest absolute Gasteiger partial charge is 0.292 e. The van der Waals surface area contributed by atoms with Crippen molar-refractivity contribution < 1.29 is 0 Å². The van der Waals surface area contributed by atoms with Gasteiger partial charge in [0.1, 0.15) is 11.4 Å². The van der Waals surface area contributed by atoms with Gasteiger partial charge in [-0.2, -0.15) is 4.37 Å². The molecule has 0 aliphatic rings. The summed E-state index contributed by atoms with van der Waals surface area (Å²) in [5.74, 6) is 5.63. The Morgan fingerprint density at radius 2 is 2.33 bits per heavy atom. The molecule has 0 radical (unpaired) electrons. The Hall–Kier alpha value is -1.25. The van der Waals surface area contributed by atoms with Gasteiger partial charge in [-0.3, -0.25) is 5.43 Å². The van der Waals surface area contributed by atoms with Crippen LogP contribution in [0.3, 0.4) is 0 Å². The van der Waals surface area contributed by atoms with E-state index in [-0.39, 0.29) is 0 Å². The monoisotopic (exact) mass is 240 g/mol. The van der Waals surface area contributed by atoms with Gasteiger partial charge in [0.25, 0.3) is 0 Å². The third-order valence-corrected chi connectivity index (χ3v) is 3.40. The van der Waals surface area contributed by atoms with Crippen LogP contribution >= 0.6 is 23.3 Å². The van der Waals surface area contributed by atoms with Crippen molar-refractivity contribution in [2.24, 2.45) is 5.84 Å². The fraction of sp³-hybridized carbons (Fsp3) is 0.143. The maximum Gasteiger partial charge on any atom is 0.238 e. The Kier molecular flexibility index (Phi) is 3.09. The van der Waals surface area contributed by atoms with Gasteiger partial charge in [0.05, 0.1) is 0 Å². The molecule has 0 saturated carbocycles. The second-order valence-corrected chi connectivity index (χ2v) is 4.65. The lowest BCUT2D eigenvalue weighted by Crippen LogP contribution is -2.10. The zero-order valence-electron chi connectivity index (χ0n) is 7.84. The second-order valence-electron chi connectivity index (χ2n) is 2.64. The van der Waals surface area contributed by atoms with Crippen LogP contribution in [0.25, 0.3) is 0 Å². The van der Waals surface area contributed by atoms with E-state index in [4.69, 9.17) is 5.84 Å². The molecule has 0 unspecified atom stereocenters. The summed E-state index contributed by atoms with van der Waals surface area (Å²) < 4.78 is 4.76. The lowest BCUT2D eigenvalue weighted by Gasteiger charge is -2.03. The molecule has 0 amide bonds. The topological polar surface area (TPSA) is 89.6 Å². The van der Waals surface area contributed by atoms with E-state index in [1.54, 1.807) is 6.20 Å². The van der Waals surface area contributed by atoms with Crippen molar-refractivity contribution in [3.8, 4) is 0 Å². The summed E-state index contributed by atoms with van der Waals surface area (Å²) in [5, 5.41) is 0.828. The zero-order chi connectivity index (χ0) is 10.7. The van der Waals surface area contributed by atoms with Crippen molar-refractivity contribution in [2.75, 3.05) is 5.43 Å². The summed E-state index contributed by atoms with van der Waals surface area (Å²) in [6, 6.07) is 0. The van der Waals surface area contributed by atoms with E-state index in [0.29, 0.717) is 5.95 Å². The standard InChI is InChI=1S/C7H8N6S2/c1-4-2-9-6(13-8)12-5(4)14-7-10-3-11-15-7/h2-3H,8H2,1H3,(H,9,12,13). The van der Waals surface area contributed by atoms with Crippen LogP contribution in [-0.2, 0) is 0 Å². The van der Waals surface area contributed by atoms with Crippen LogP contribution in [0, 0.1) is 6.92 Å². The first kappa shape index (κ1) is 10.3. The number of aryl methyl sites for hydroxylation is 1. The van der Waals surface area contributed by atoms with E-state index in [2.05, 4.69) is 24.8 Å². The number of rotatable bonds is 3. The fourth-order valence-electron chi connectivity index (χ4n) is 0.890. The van der Waals surface area contributed by atoms with Gasteiger partial charge in [0.2, 0.25) is 5.95 Å². The molecule has 0 bridgehead atoms. The number of hydrazine groups is 1. The Morgan fingerprint density at radius 3 is 3.00 bits per heavy atom. The molecule has 78 valence electrons. The molecule has 6 nitrogen and oxygen atoms in total. The summed E-state index contributed by atoms with van der Waals surface area (Å²) >= 11 is 2.78. The molecule has 2 aromatic rings. The normalized spacial score (nSPS) is 10.3. The van der Waals surface area contributed by atoms with Crippen LogP contribution in [0.5, 0.6) is 0 Å². The highest BCUT2D eigenvalue weighted by atomic mass is 32.2. The first-order chi connectivity index (χ1) is 7.29. The molecule has 0 aromatic carbocycles. The van der Waals surface area contributed by atoms with Gasteiger partial charge in [-0.25, -0.2) is 20.8 Å². The number of hydrogen-bond acceptors (Lipinski definition) is 8. The van der Waals surface area contributed by atoms with Gasteiger partial charge in [-0.1, -0.05) is 0 Å². The molecule has 3 N–H and O–H groups in total.